The van der Waals surface area contributed by atoms with Crippen LogP contribution >= 0.6 is 0 Å². The Bertz CT molecular complexity index is 1230. The summed E-state index contributed by atoms with van der Waals surface area (Å²) in [5.41, 5.74) is -0.150. The highest BCUT2D eigenvalue weighted by molar-refractivity contribution is 5.46. The van der Waals surface area contributed by atoms with Gasteiger partial charge in [0, 0.05) is 11.8 Å². The smallest absolute Gasteiger partial charge is 0.171 e. The van der Waals surface area contributed by atoms with Gasteiger partial charge in [-0.1, -0.05) is 73.5 Å². The van der Waals surface area contributed by atoms with Crippen LogP contribution in [0, 0.1) is 11.8 Å². The predicted molar refractivity (Wildman–Crippen MR) is 140 cm³/mol. The van der Waals surface area contributed by atoms with Crippen molar-refractivity contribution in [1.82, 2.24) is 0 Å². The maximum Gasteiger partial charge on any atom is 0.171 e. The summed E-state index contributed by atoms with van der Waals surface area (Å²) in [5, 5.41) is 65.1. The number of allylic oxidation sites excluding steroid dienone is 2. The molecule has 2 aliphatic rings. The zero-order valence-corrected chi connectivity index (χ0v) is 21.4. The molecule has 0 radical (unpaired) electrons. The molecule has 0 aliphatic heterocycles. The molecule has 2 aromatic carbocycles. The molecule has 2 aromatic rings. The number of aliphatic hydroxyl groups excluding tert-OH is 4. The number of ether oxygens (including phenoxy) is 1. The van der Waals surface area contributed by atoms with Crippen molar-refractivity contribution >= 4 is 0 Å². The summed E-state index contributed by atoms with van der Waals surface area (Å²) in [6.45, 7) is 7.25. The minimum Gasteiger partial charge on any atom is -0.506 e. The van der Waals surface area contributed by atoms with Crippen molar-refractivity contribution in [1.29, 1.82) is 0 Å². The molecular weight excluding hydrogens is 472 g/mol. The van der Waals surface area contributed by atoms with Gasteiger partial charge in [0.2, 0.25) is 0 Å². The average Bonchev–Trinajstić information content (AvgIpc) is 2.89. The number of benzene rings is 2. The molecule has 0 fully saturated rings. The van der Waals surface area contributed by atoms with Crippen molar-refractivity contribution in [3.63, 3.8) is 0 Å². The van der Waals surface area contributed by atoms with E-state index in [1.54, 1.807) is 76.2 Å². The van der Waals surface area contributed by atoms with Crippen LogP contribution in [0.1, 0.15) is 49.9 Å². The van der Waals surface area contributed by atoms with Gasteiger partial charge in [0.1, 0.15) is 0 Å². The second kappa shape index (κ2) is 9.74. The van der Waals surface area contributed by atoms with Crippen LogP contribution < -0.4 is 0 Å². The Morgan fingerprint density at radius 2 is 1.00 bits per heavy atom. The molecule has 6 N–H and O–H groups in total. The fraction of sp³-hybridized carbons (Fsp3) is 0.333. The van der Waals surface area contributed by atoms with Crippen LogP contribution in [0.25, 0.3) is 0 Å². The highest BCUT2D eigenvalue weighted by atomic mass is 16.5. The van der Waals surface area contributed by atoms with Crippen LogP contribution in [0.4, 0.5) is 0 Å². The summed E-state index contributed by atoms with van der Waals surface area (Å²) in [4.78, 5) is 0. The van der Waals surface area contributed by atoms with E-state index in [4.69, 9.17) is 4.74 Å². The van der Waals surface area contributed by atoms with Crippen molar-refractivity contribution in [3.8, 4) is 0 Å². The largest absolute Gasteiger partial charge is 0.506 e. The molecule has 196 valence electrons. The summed E-state index contributed by atoms with van der Waals surface area (Å²) < 4.78 is 6.04. The Kier molecular flexibility index (Phi) is 6.99. The summed E-state index contributed by atoms with van der Waals surface area (Å²) >= 11 is 0. The summed E-state index contributed by atoms with van der Waals surface area (Å²) in [6, 6.07) is 14.0. The van der Waals surface area contributed by atoms with Gasteiger partial charge in [-0.25, -0.2) is 0 Å². The molecule has 0 spiro atoms. The Hall–Kier alpha value is -3.52. The van der Waals surface area contributed by atoms with E-state index in [0.717, 1.165) is 11.1 Å². The van der Waals surface area contributed by atoms with E-state index in [9.17, 15) is 30.6 Å². The number of hydrogen-bond donors (Lipinski definition) is 6. The minimum absolute atomic E-state index is 0.0658. The quantitative estimate of drug-likeness (QED) is 0.300. The fourth-order valence-electron chi connectivity index (χ4n) is 5.31. The Balaban J connectivity index is 1.63. The lowest BCUT2D eigenvalue weighted by Crippen LogP contribution is -2.40. The molecule has 4 unspecified atom stereocenters. The molecule has 0 amide bonds. The maximum atomic E-state index is 11.6. The van der Waals surface area contributed by atoms with Gasteiger partial charge in [-0.3, -0.25) is 0 Å². The van der Waals surface area contributed by atoms with E-state index in [1.165, 1.54) is 12.2 Å². The third kappa shape index (κ3) is 4.23. The third-order valence-corrected chi connectivity index (χ3v) is 7.93. The molecular formula is C30H34O7. The van der Waals surface area contributed by atoms with Gasteiger partial charge in [0.05, 0.1) is 13.2 Å². The second-order valence-electron chi connectivity index (χ2n) is 10.0. The number of aliphatic hydroxyl groups is 6. The Morgan fingerprint density at radius 1 is 0.649 bits per heavy atom. The van der Waals surface area contributed by atoms with Gasteiger partial charge in [-0.2, -0.15) is 0 Å². The summed E-state index contributed by atoms with van der Waals surface area (Å²) in [6.07, 6.45) is 2.89. The average molecular weight is 507 g/mol. The van der Waals surface area contributed by atoms with E-state index in [2.05, 4.69) is 0 Å². The molecule has 2 aliphatic carbocycles. The van der Waals surface area contributed by atoms with Gasteiger partial charge in [-0.05, 0) is 48.3 Å². The molecule has 7 heteroatoms. The first kappa shape index (κ1) is 26.5. The van der Waals surface area contributed by atoms with Gasteiger partial charge < -0.3 is 35.4 Å². The van der Waals surface area contributed by atoms with Gasteiger partial charge in [0.25, 0.3) is 0 Å². The topological polar surface area (TPSA) is 131 Å². The lowest BCUT2D eigenvalue weighted by molar-refractivity contribution is -0.0179. The Labute approximate surface area is 216 Å². The highest BCUT2D eigenvalue weighted by Crippen LogP contribution is 2.46. The molecule has 7 nitrogen and oxygen atoms in total. The van der Waals surface area contributed by atoms with Crippen molar-refractivity contribution in [2.24, 2.45) is 11.8 Å². The highest BCUT2D eigenvalue weighted by Gasteiger charge is 2.47. The molecule has 0 saturated carbocycles. The van der Waals surface area contributed by atoms with E-state index in [-0.39, 0.29) is 24.7 Å². The maximum absolute atomic E-state index is 11.6. The molecule has 0 bridgehead atoms. The zero-order chi connectivity index (χ0) is 27.1. The molecule has 0 saturated heterocycles. The van der Waals surface area contributed by atoms with E-state index < -0.39 is 34.6 Å². The second-order valence-corrected chi connectivity index (χ2v) is 10.0. The first-order chi connectivity index (χ1) is 17.4. The molecule has 0 heterocycles. The van der Waals surface area contributed by atoms with Crippen molar-refractivity contribution in [2.75, 3.05) is 0 Å². The van der Waals surface area contributed by atoms with Crippen LogP contribution in [-0.4, -0.2) is 30.6 Å². The van der Waals surface area contributed by atoms with Crippen molar-refractivity contribution < 1.29 is 35.4 Å². The van der Waals surface area contributed by atoms with Crippen LogP contribution in [-0.2, 0) is 29.2 Å². The van der Waals surface area contributed by atoms with Gasteiger partial charge in [0.15, 0.2) is 34.2 Å². The predicted octanol–water partition coefficient (Wildman–Crippen LogP) is 5.63. The van der Waals surface area contributed by atoms with E-state index in [0.29, 0.717) is 22.3 Å². The van der Waals surface area contributed by atoms with E-state index in [1.807, 2.05) is 0 Å². The van der Waals surface area contributed by atoms with Crippen molar-refractivity contribution in [2.45, 2.75) is 52.1 Å². The van der Waals surface area contributed by atoms with E-state index >= 15 is 0 Å². The first-order valence-corrected chi connectivity index (χ1v) is 12.2. The first-order valence-electron chi connectivity index (χ1n) is 12.2. The number of hydrogen-bond acceptors (Lipinski definition) is 7. The monoisotopic (exact) mass is 506 g/mol. The SMILES string of the molecule is CC1=CC(O)=C(O)C(O)(c2ccccc2COCc2ccccc2C2(O)C(O)=C(O)C=C(C)C2C)C1C. The zero-order valence-electron chi connectivity index (χ0n) is 21.4. The normalized spacial score (nSPS) is 28.3. The van der Waals surface area contributed by atoms with Crippen LogP contribution in [0.5, 0.6) is 0 Å². The molecule has 4 atom stereocenters. The van der Waals surface area contributed by atoms with Crippen molar-refractivity contribution in [3.05, 3.63) is 117 Å². The van der Waals surface area contributed by atoms with Crippen LogP contribution in [0.2, 0.25) is 0 Å². The minimum atomic E-state index is -1.83. The number of rotatable bonds is 6. The lowest BCUT2D eigenvalue weighted by atomic mass is 9.72. The molecule has 0 aromatic heterocycles. The third-order valence-electron chi connectivity index (χ3n) is 7.93. The lowest BCUT2D eigenvalue weighted by Gasteiger charge is -2.39. The fourth-order valence-corrected chi connectivity index (χ4v) is 5.31. The van der Waals surface area contributed by atoms with Crippen LogP contribution in [0.3, 0.4) is 0 Å². The standard InChI is InChI=1S/C30H34O7/c1-17-13-25(31)27(33)29(35,19(17)3)23-11-7-5-9-21(23)15-37-16-22-10-6-8-12-24(22)30(36)20(4)18(2)14-26(32)28(30)34/h5-14,19-20,31-36H,15-16H2,1-4H3. The molecule has 4 rings (SSSR count). The summed E-state index contributed by atoms with van der Waals surface area (Å²) in [7, 11) is 0. The summed E-state index contributed by atoms with van der Waals surface area (Å²) in [5.74, 6) is -2.77. The van der Waals surface area contributed by atoms with Crippen LogP contribution in [0.15, 0.2) is 94.9 Å². The van der Waals surface area contributed by atoms with Gasteiger partial charge in [-0.15, -0.1) is 0 Å². The molecule has 37 heavy (non-hydrogen) atoms. The Morgan fingerprint density at radius 3 is 1.38 bits per heavy atom. The van der Waals surface area contributed by atoms with Gasteiger partial charge >= 0.3 is 0 Å².